The van der Waals surface area contributed by atoms with Gasteiger partial charge in [-0.1, -0.05) is 17.7 Å². The number of nitrogens with zero attached hydrogens (tertiary/aromatic N) is 1. The third kappa shape index (κ3) is 2.75. The largest absolute Gasteiger partial charge is 0.454 e. The second-order valence-corrected chi connectivity index (χ2v) is 4.07. The molecule has 88 valence electrons. The lowest BCUT2D eigenvalue weighted by atomic mass is 10.2. The minimum atomic E-state index is 0.464. The molecule has 2 N–H and O–H groups in total. The van der Waals surface area contributed by atoms with E-state index < -0.39 is 0 Å². The fourth-order valence-electron chi connectivity index (χ4n) is 1.45. The molecule has 2 aromatic rings. The van der Waals surface area contributed by atoms with E-state index in [4.69, 9.17) is 22.1 Å². The maximum Gasteiger partial charge on any atom is 0.148 e. The second-order valence-electron chi connectivity index (χ2n) is 3.66. The number of ether oxygens (including phenoxy) is 1. The molecule has 0 amide bonds. The summed E-state index contributed by atoms with van der Waals surface area (Å²) in [5.74, 6) is 1.31. The number of hydrogen-bond donors (Lipinski definition) is 1. The van der Waals surface area contributed by atoms with E-state index in [2.05, 4.69) is 4.98 Å². The Morgan fingerprint density at radius 3 is 2.76 bits per heavy atom. The molecule has 0 radical (unpaired) electrons. The molecule has 1 aromatic carbocycles. The molecule has 1 aromatic heterocycles. The van der Waals surface area contributed by atoms with Gasteiger partial charge in [0.15, 0.2) is 0 Å². The summed E-state index contributed by atoms with van der Waals surface area (Å²) in [6.45, 7) is 2.35. The molecule has 17 heavy (non-hydrogen) atoms. The van der Waals surface area contributed by atoms with Crippen LogP contribution in [-0.4, -0.2) is 4.98 Å². The van der Waals surface area contributed by atoms with E-state index >= 15 is 0 Å². The van der Waals surface area contributed by atoms with Gasteiger partial charge < -0.3 is 10.5 Å². The summed E-state index contributed by atoms with van der Waals surface area (Å²) in [6, 6.07) is 9.20. The summed E-state index contributed by atoms with van der Waals surface area (Å²) < 4.78 is 5.70. The van der Waals surface area contributed by atoms with E-state index in [1.165, 1.54) is 0 Å². The summed E-state index contributed by atoms with van der Waals surface area (Å²) in [4.78, 5) is 4.15. The van der Waals surface area contributed by atoms with Crippen LogP contribution in [0.25, 0.3) is 0 Å². The Labute approximate surface area is 105 Å². The lowest BCUT2D eigenvalue weighted by molar-refractivity contribution is 0.476. The number of pyridine rings is 1. The van der Waals surface area contributed by atoms with E-state index in [0.717, 1.165) is 11.3 Å². The summed E-state index contributed by atoms with van der Waals surface area (Å²) in [5, 5.41) is 0.552. The smallest absolute Gasteiger partial charge is 0.148 e. The van der Waals surface area contributed by atoms with Crippen LogP contribution in [-0.2, 0) is 6.54 Å². The van der Waals surface area contributed by atoms with Gasteiger partial charge in [-0.25, -0.2) is 0 Å². The maximum atomic E-state index is 6.11. The van der Waals surface area contributed by atoms with Crippen molar-refractivity contribution in [3.8, 4) is 11.5 Å². The Kier molecular flexibility index (Phi) is 3.61. The highest BCUT2D eigenvalue weighted by Gasteiger charge is 2.06. The molecule has 0 unspecified atom stereocenters. The molecule has 0 atom stereocenters. The molecule has 0 aliphatic heterocycles. The van der Waals surface area contributed by atoms with Gasteiger partial charge in [0.25, 0.3) is 0 Å². The second kappa shape index (κ2) is 5.17. The molecule has 0 aliphatic rings. The van der Waals surface area contributed by atoms with Crippen LogP contribution in [0.5, 0.6) is 11.5 Å². The topological polar surface area (TPSA) is 48.1 Å². The minimum absolute atomic E-state index is 0.464. The third-order valence-corrected chi connectivity index (χ3v) is 2.71. The molecule has 0 bridgehead atoms. The van der Waals surface area contributed by atoms with Crippen LogP contribution < -0.4 is 10.5 Å². The number of aromatic nitrogens is 1. The monoisotopic (exact) mass is 248 g/mol. The van der Waals surface area contributed by atoms with Crippen LogP contribution in [0.1, 0.15) is 11.3 Å². The van der Waals surface area contributed by atoms with Crippen molar-refractivity contribution in [3.05, 3.63) is 52.8 Å². The average molecular weight is 249 g/mol. The van der Waals surface area contributed by atoms with E-state index in [-0.39, 0.29) is 0 Å². The summed E-state index contributed by atoms with van der Waals surface area (Å²) in [6.07, 6.45) is 1.72. The summed E-state index contributed by atoms with van der Waals surface area (Å²) >= 11 is 6.11. The molecule has 0 saturated heterocycles. The first-order valence-electron chi connectivity index (χ1n) is 5.28. The highest BCUT2D eigenvalue weighted by Crippen LogP contribution is 2.30. The number of aryl methyl sites for hydroxylation is 1. The minimum Gasteiger partial charge on any atom is -0.454 e. The zero-order chi connectivity index (χ0) is 12.3. The molecule has 0 saturated carbocycles. The number of halogens is 1. The highest BCUT2D eigenvalue weighted by molar-refractivity contribution is 6.32. The molecular weight excluding hydrogens is 236 g/mol. The molecule has 0 spiro atoms. The highest BCUT2D eigenvalue weighted by atomic mass is 35.5. The Balaban J connectivity index is 2.28. The first-order chi connectivity index (χ1) is 8.20. The van der Waals surface area contributed by atoms with Crippen LogP contribution in [0.4, 0.5) is 0 Å². The van der Waals surface area contributed by atoms with E-state index in [0.29, 0.717) is 23.1 Å². The van der Waals surface area contributed by atoms with Gasteiger partial charge in [0.1, 0.15) is 11.5 Å². The van der Waals surface area contributed by atoms with E-state index in [9.17, 15) is 0 Å². The molecule has 4 heteroatoms. The van der Waals surface area contributed by atoms with Crippen LogP contribution in [0.3, 0.4) is 0 Å². The van der Waals surface area contributed by atoms with Gasteiger partial charge in [-0.3, -0.25) is 4.98 Å². The Hall–Kier alpha value is -1.58. The van der Waals surface area contributed by atoms with Gasteiger partial charge in [0.2, 0.25) is 0 Å². The number of benzene rings is 1. The normalized spacial score (nSPS) is 10.3. The zero-order valence-electron chi connectivity index (χ0n) is 9.48. The van der Waals surface area contributed by atoms with Gasteiger partial charge in [-0.05, 0) is 36.8 Å². The van der Waals surface area contributed by atoms with Gasteiger partial charge in [-0.2, -0.15) is 0 Å². The van der Waals surface area contributed by atoms with Crippen molar-refractivity contribution >= 4 is 11.6 Å². The Morgan fingerprint density at radius 1 is 1.29 bits per heavy atom. The first kappa shape index (κ1) is 11.9. The van der Waals surface area contributed by atoms with Gasteiger partial charge >= 0.3 is 0 Å². The van der Waals surface area contributed by atoms with Crippen molar-refractivity contribution in [3.63, 3.8) is 0 Å². The predicted octanol–water partition coefficient (Wildman–Crippen LogP) is 3.29. The number of nitrogens with two attached hydrogens (primary N) is 1. The zero-order valence-corrected chi connectivity index (χ0v) is 10.2. The standard InChI is InChI=1S/C13H13ClN2O/c1-9-12(3-2-6-16-9)17-13-5-4-10(8-15)7-11(13)14/h2-7H,8,15H2,1H3. The van der Waals surface area contributed by atoms with Gasteiger partial charge in [0.05, 0.1) is 10.7 Å². The quantitative estimate of drug-likeness (QED) is 0.907. The molecule has 2 rings (SSSR count). The van der Waals surface area contributed by atoms with Crippen molar-refractivity contribution < 1.29 is 4.74 Å². The van der Waals surface area contributed by atoms with E-state index in [1.54, 1.807) is 6.20 Å². The number of hydrogen-bond acceptors (Lipinski definition) is 3. The molecular formula is C13H13ClN2O. The molecule has 0 fully saturated rings. The lowest BCUT2D eigenvalue weighted by Gasteiger charge is -2.10. The summed E-state index contributed by atoms with van der Waals surface area (Å²) in [7, 11) is 0. The Bertz CT molecular complexity index is 529. The van der Waals surface area contributed by atoms with Gasteiger partial charge in [0, 0.05) is 12.7 Å². The average Bonchev–Trinajstić information content (AvgIpc) is 2.34. The van der Waals surface area contributed by atoms with Crippen LogP contribution >= 0.6 is 11.6 Å². The van der Waals surface area contributed by atoms with Crippen LogP contribution in [0.2, 0.25) is 5.02 Å². The SMILES string of the molecule is Cc1ncccc1Oc1ccc(CN)cc1Cl. The van der Waals surface area contributed by atoms with Crippen molar-refractivity contribution in [1.82, 2.24) is 4.98 Å². The van der Waals surface area contributed by atoms with Crippen LogP contribution in [0.15, 0.2) is 36.5 Å². The van der Waals surface area contributed by atoms with Gasteiger partial charge in [-0.15, -0.1) is 0 Å². The number of rotatable bonds is 3. The fourth-order valence-corrected chi connectivity index (χ4v) is 1.69. The maximum absolute atomic E-state index is 6.11. The summed E-state index contributed by atoms with van der Waals surface area (Å²) in [5.41, 5.74) is 7.34. The van der Waals surface area contributed by atoms with Crippen molar-refractivity contribution in [2.75, 3.05) is 0 Å². The van der Waals surface area contributed by atoms with Crippen LogP contribution in [0, 0.1) is 6.92 Å². The molecule has 1 heterocycles. The first-order valence-corrected chi connectivity index (χ1v) is 5.66. The van der Waals surface area contributed by atoms with Crippen molar-refractivity contribution in [2.45, 2.75) is 13.5 Å². The molecule has 3 nitrogen and oxygen atoms in total. The third-order valence-electron chi connectivity index (χ3n) is 2.41. The fraction of sp³-hybridized carbons (Fsp3) is 0.154. The van der Waals surface area contributed by atoms with E-state index in [1.807, 2.05) is 37.3 Å². The lowest BCUT2D eigenvalue weighted by Crippen LogP contribution is -1.96. The van der Waals surface area contributed by atoms with Crippen molar-refractivity contribution in [2.24, 2.45) is 5.73 Å². The van der Waals surface area contributed by atoms with Crippen molar-refractivity contribution in [1.29, 1.82) is 0 Å². The molecule has 0 aliphatic carbocycles. The predicted molar refractivity (Wildman–Crippen MR) is 68.4 cm³/mol. The Morgan fingerprint density at radius 2 is 2.12 bits per heavy atom.